The molecule has 2 atom stereocenters. The third kappa shape index (κ3) is 16.3. The Morgan fingerprint density at radius 1 is 0.444 bits per heavy atom. The van der Waals surface area contributed by atoms with E-state index in [0.29, 0.717) is 44.1 Å². The number of amides is 4. The van der Waals surface area contributed by atoms with E-state index in [1.54, 1.807) is 58.3 Å². The van der Waals surface area contributed by atoms with Gasteiger partial charge in [-0.3, -0.25) is 67.5 Å². The number of benzene rings is 4. The van der Waals surface area contributed by atoms with Crippen LogP contribution in [0.2, 0.25) is 0 Å². The third-order valence-corrected chi connectivity index (χ3v) is 16.9. The number of halogens is 2. The van der Waals surface area contributed by atoms with Crippen LogP contribution < -0.4 is 11.1 Å². The smallest absolute Gasteiger partial charge is 0.320 e. The van der Waals surface area contributed by atoms with Crippen molar-refractivity contribution in [3.63, 3.8) is 0 Å². The lowest BCUT2D eigenvalue weighted by molar-refractivity contribution is -0.146. The Labute approximate surface area is 513 Å². The number of aliphatic carboxylic acids is 4. The van der Waals surface area contributed by atoms with Crippen LogP contribution in [0.5, 0.6) is 0 Å². The summed E-state index contributed by atoms with van der Waals surface area (Å²) in [5, 5.41) is 56.6. The fourth-order valence-corrected chi connectivity index (χ4v) is 12.0. The Balaban J connectivity index is 0.780. The number of aromatic amines is 2. The van der Waals surface area contributed by atoms with Crippen LogP contribution in [-0.2, 0) is 41.6 Å². The van der Waals surface area contributed by atoms with Crippen LogP contribution in [0.4, 0.5) is 8.78 Å². The molecule has 5 heterocycles. The highest BCUT2D eigenvalue weighted by molar-refractivity contribution is 5.96. The van der Waals surface area contributed by atoms with Gasteiger partial charge >= 0.3 is 23.9 Å². The van der Waals surface area contributed by atoms with Crippen molar-refractivity contribution in [2.75, 3.05) is 118 Å². The second kappa shape index (κ2) is 29.7. The molecule has 28 heteroatoms. The second-order valence-electron chi connectivity index (χ2n) is 22.6. The van der Waals surface area contributed by atoms with Gasteiger partial charge < -0.3 is 40.0 Å². The van der Waals surface area contributed by atoms with Crippen molar-refractivity contribution in [2.24, 2.45) is 0 Å². The van der Waals surface area contributed by atoms with E-state index >= 15 is 8.78 Å². The molecule has 4 aromatic carbocycles. The quantitative estimate of drug-likeness (QED) is 0.0634. The molecule has 0 aliphatic carbocycles. The molecule has 90 heavy (non-hydrogen) atoms. The van der Waals surface area contributed by atoms with Gasteiger partial charge in [0.1, 0.15) is 23.7 Å². The molecule has 9 rings (SSSR count). The highest BCUT2D eigenvalue weighted by atomic mass is 19.1. The van der Waals surface area contributed by atoms with Crippen molar-refractivity contribution < 1.29 is 67.6 Å². The zero-order chi connectivity index (χ0) is 64.2. The minimum absolute atomic E-state index is 0.0222. The maximum absolute atomic E-state index is 15.3. The summed E-state index contributed by atoms with van der Waals surface area (Å²) in [4.78, 5) is 142. The molecular weight excluding hydrogens is 1170 g/mol. The lowest BCUT2D eigenvalue weighted by Crippen LogP contribution is -2.54. The molecule has 2 unspecified atom stereocenters. The molecular formula is C62H70F2N12O14. The molecule has 4 amide bonds. The number of hydrogen-bond acceptors (Lipinski definition) is 16. The zero-order valence-electron chi connectivity index (χ0n) is 49.3. The van der Waals surface area contributed by atoms with E-state index < -0.39 is 84.3 Å². The Hall–Kier alpha value is -9.38. The number of nitrogens with one attached hydrogen (secondary N) is 2. The molecule has 3 fully saturated rings. The van der Waals surface area contributed by atoms with Gasteiger partial charge in [0.15, 0.2) is 0 Å². The maximum atomic E-state index is 15.3. The van der Waals surface area contributed by atoms with E-state index in [4.69, 9.17) is 0 Å². The van der Waals surface area contributed by atoms with Crippen LogP contribution in [0.15, 0.2) is 94.5 Å². The van der Waals surface area contributed by atoms with E-state index in [2.05, 4.69) is 20.4 Å². The number of nitrogens with zero attached hydrogens (tertiary/aromatic N) is 10. The minimum Gasteiger partial charge on any atom is -0.480 e. The molecule has 6 aromatic rings. The first-order chi connectivity index (χ1) is 43.2. The van der Waals surface area contributed by atoms with Gasteiger partial charge in [0, 0.05) is 141 Å². The predicted octanol–water partition coefficient (Wildman–Crippen LogP) is 1.75. The van der Waals surface area contributed by atoms with E-state index in [1.165, 1.54) is 65.8 Å². The van der Waals surface area contributed by atoms with E-state index in [1.807, 2.05) is 0 Å². The summed E-state index contributed by atoms with van der Waals surface area (Å²) < 4.78 is 30.5. The molecule has 0 radical (unpaired) electrons. The van der Waals surface area contributed by atoms with Crippen LogP contribution >= 0.6 is 0 Å². The zero-order valence-corrected chi connectivity index (χ0v) is 49.3. The lowest BCUT2D eigenvalue weighted by atomic mass is 10.0. The Morgan fingerprint density at radius 2 is 0.778 bits per heavy atom. The van der Waals surface area contributed by atoms with Crippen molar-refractivity contribution in [3.8, 4) is 0 Å². The number of hydrogen-bond donors (Lipinski definition) is 6. The van der Waals surface area contributed by atoms with Gasteiger partial charge in [-0.2, -0.15) is 10.2 Å². The van der Waals surface area contributed by atoms with Crippen molar-refractivity contribution in [1.82, 2.24) is 59.6 Å². The van der Waals surface area contributed by atoms with Crippen LogP contribution in [-0.4, -0.2) is 257 Å². The van der Waals surface area contributed by atoms with E-state index in [9.17, 15) is 68.4 Å². The fourth-order valence-electron chi connectivity index (χ4n) is 12.0. The molecule has 2 aromatic heterocycles. The topological polar surface area (TPSA) is 335 Å². The number of carbonyl (C=O) groups is 8. The van der Waals surface area contributed by atoms with Crippen molar-refractivity contribution in [2.45, 2.75) is 50.6 Å². The standard InChI is InChI=1S/C62H70F2N12O14/c63-47-11-9-39(35-49-41-5-1-3-7-43(41)57(83)67-65-49)33-45(47)59(85)75-29-25-73(26-30-75)53(77)15-13-51(61(87)88)71-21-17-69(37-55(79)80)19-23-72(24-20-70(18-22-71)38-56(81)82)52(62(89)90)14-16-54(78)74-27-31-76(32-28-74)60(86)46-34-40(10-12-48(46)64)36-50-42-6-2-4-8-44(42)58(84)68-66-50/h1-12,33-34,51-52H,13-32,35-38H2,(H,67,83)(H,68,84)(H,79,80)(H,81,82)(H,87,88)(H,89,90). The van der Waals surface area contributed by atoms with Gasteiger partial charge in [-0.15, -0.1) is 0 Å². The lowest BCUT2D eigenvalue weighted by Gasteiger charge is -2.37. The molecule has 476 valence electrons. The van der Waals surface area contributed by atoms with Crippen LogP contribution in [0.1, 0.15) is 68.9 Å². The normalized spacial score (nSPS) is 16.9. The SMILES string of the molecule is O=C(O)CN1CCN(C(CCC(=O)N2CCN(C(=O)c3cc(Cc4n[nH]c(=O)c5ccccc45)ccc3F)CC2)C(=O)O)CCN(CC(=O)O)CCN(C(CCC(=O)N2CCN(C(=O)c3cc(Cc4n[nH]c(=O)c5ccccc45)ccc3F)CC2)C(=O)O)CC1. The largest absolute Gasteiger partial charge is 0.480 e. The number of piperazine rings is 2. The monoisotopic (exact) mass is 1240 g/mol. The summed E-state index contributed by atoms with van der Waals surface area (Å²) in [5.74, 6) is -8.44. The molecule has 6 N–H and O–H groups in total. The number of rotatable bonds is 20. The molecule has 26 nitrogen and oxygen atoms in total. The van der Waals surface area contributed by atoms with Gasteiger partial charge in [0.25, 0.3) is 22.9 Å². The first-order valence-electron chi connectivity index (χ1n) is 29.7. The highest BCUT2D eigenvalue weighted by Crippen LogP contribution is 2.24. The van der Waals surface area contributed by atoms with Crippen LogP contribution in [0.25, 0.3) is 21.5 Å². The number of carboxylic acid groups (broad SMARTS) is 4. The second-order valence-corrected chi connectivity index (χ2v) is 22.6. The minimum atomic E-state index is -1.29. The summed E-state index contributed by atoms with van der Waals surface area (Å²) in [6.45, 7) is -0.723. The first-order valence-corrected chi connectivity index (χ1v) is 29.7. The Bertz CT molecular complexity index is 3540. The number of carbonyl (C=O) groups excluding carboxylic acids is 4. The maximum Gasteiger partial charge on any atom is 0.320 e. The molecule has 0 spiro atoms. The molecule has 3 aliphatic heterocycles. The van der Waals surface area contributed by atoms with Gasteiger partial charge in [-0.25, -0.2) is 19.0 Å². The van der Waals surface area contributed by atoms with Gasteiger partial charge in [-0.1, -0.05) is 48.5 Å². The Kier molecular flexibility index (Phi) is 21.5. The molecule has 0 saturated carbocycles. The average Bonchev–Trinajstić information content (AvgIpc) is 0.926. The van der Waals surface area contributed by atoms with Crippen molar-refractivity contribution in [3.05, 3.63) is 151 Å². The van der Waals surface area contributed by atoms with Crippen LogP contribution in [0, 0.1) is 11.6 Å². The summed E-state index contributed by atoms with van der Waals surface area (Å²) in [6, 6.07) is 19.6. The average molecular weight is 1250 g/mol. The van der Waals surface area contributed by atoms with Gasteiger partial charge in [0.2, 0.25) is 11.8 Å². The molecule has 3 saturated heterocycles. The number of H-pyrrole nitrogens is 2. The summed E-state index contributed by atoms with van der Waals surface area (Å²) in [5.41, 5.74) is 1.13. The van der Waals surface area contributed by atoms with Crippen molar-refractivity contribution in [1.29, 1.82) is 0 Å². The van der Waals surface area contributed by atoms with Gasteiger partial charge in [-0.05, 0) is 60.4 Å². The van der Waals surface area contributed by atoms with E-state index in [-0.39, 0.29) is 165 Å². The fraction of sp³-hybridized carbons (Fsp3) is 0.419. The van der Waals surface area contributed by atoms with Crippen LogP contribution in [0.3, 0.4) is 0 Å². The predicted molar refractivity (Wildman–Crippen MR) is 321 cm³/mol. The molecule has 3 aliphatic rings. The first kappa shape index (κ1) is 65.1. The highest BCUT2D eigenvalue weighted by Gasteiger charge is 2.34. The number of carboxylic acids is 4. The Morgan fingerprint density at radius 3 is 1.11 bits per heavy atom. The van der Waals surface area contributed by atoms with Crippen molar-refractivity contribution >= 4 is 69.1 Å². The number of fused-ring (bicyclic) bond motifs is 2. The summed E-state index contributed by atoms with van der Waals surface area (Å²) in [6.07, 6.45) is -0.451. The van der Waals surface area contributed by atoms with E-state index in [0.717, 1.165) is 0 Å². The summed E-state index contributed by atoms with van der Waals surface area (Å²) >= 11 is 0. The van der Waals surface area contributed by atoms with Gasteiger partial charge in [0.05, 0.1) is 46.4 Å². The number of aromatic nitrogens is 4. The molecule has 0 bridgehead atoms. The third-order valence-electron chi connectivity index (χ3n) is 16.9. The summed E-state index contributed by atoms with van der Waals surface area (Å²) in [7, 11) is 0.